The molecule has 258 valence electrons. The van der Waals surface area contributed by atoms with Crippen LogP contribution in [0.4, 0.5) is 0 Å². The molecule has 3 N–H and O–H groups in total. The van der Waals surface area contributed by atoms with E-state index in [0.717, 1.165) is 38.5 Å². The van der Waals surface area contributed by atoms with Gasteiger partial charge in [0, 0.05) is 6.42 Å². The van der Waals surface area contributed by atoms with Gasteiger partial charge in [-0.15, -0.1) is 0 Å². The number of nitrogens with one attached hydrogen (secondary N) is 1. The molecule has 0 saturated heterocycles. The second-order valence-electron chi connectivity index (χ2n) is 13.0. The van der Waals surface area contributed by atoms with Gasteiger partial charge in [-0.05, 0) is 51.4 Å². The minimum absolute atomic E-state index is 0.0412. The van der Waals surface area contributed by atoms with E-state index in [1.807, 2.05) is 0 Å². The largest absolute Gasteiger partial charge is 0.394 e. The zero-order chi connectivity index (χ0) is 32.2. The summed E-state index contributed by atoms with van der Waals surface area (Å²) in [4.78, 5) is 12.3. The predicted molar refractivity (Wildman–Crippen MR) is 193 cm³/mol. The van der Waals surface area contributed by atoms with E-state index in [1.165, 1.54) is 128 Å². The third-order valence-electron chi connectivity index (χ3n) is 8.65. The highest BCUT2D eigenvalue weighted by atomic mass is 16.3. The highest BCUT2D eigenvalue weighted by Gasteiger charge is 2.19. The zero-order valence-corrected chi connectivity index (χ0v) is 29.4. The number of hydrogen-bond donors (Lipinski definition) is 3. The molecule has 4 nitrogen and oxygen atoms in total. The average molecular weight is 618 g/mol. The lowest BCUT2D eigenvalue weighted by atomic mass is 10.0. The Hall–Kier alpha value is -1.39. The molecule has 0 saturated carbocycles. The van der Waals surface area contributed by atoms with E-state index in [1.54, 1.807) is 0 Å². The van der Waals surface area contributed by atoms with Gasteiger partial charge in [0.05, 0.1) is 18.8 Å². The molecule has 2 atom stereocenters. The topological polar surface area (TPSA) is 69.6 Å². The maximum absolute atomic E-state index is 12.3. The fourth-order valence-corrected chi connectivity index (χ4v) is 5.66. The van der Waals surface area contributed by atoms with Crippen molar-refractivity contribution in [2.24, 2.45) is 0 Å². The van der Waals surface area contributed by atoms with Crippen LogP contribution in [0, 0.1) is 0 Å². The highest BCUT2D eigenvalue weighted by Crippen LogP contribution is 2.14. The van der Waals surface area contributed by atoms with Gasteiger partial charge in [0.25, 0.3) is 0 Å². The molecule has 0 aliphatic carbocycles. The summed E-state index contributed by atoms with van der Waals surface area (Å²) in [5.74, 6) is -0.0412. The first-order valence-electron chi connectivity index (χ1n) is 19.2. The number of amides is 1. The lowest BCUT2D eigenvalue weighted by Gasteiger charge is -2.22. The van der Waals surface area contributed by atoms with Crippen molar-refractivity contribution in [3.05, 3.63) is 36.5 Å². The van der Waals surface area contributed by atoms with E-state index in [0.29, 0.717) is 12.8 Å². The fourth-order valence-electron chi connectivity index (χ4n) is 5.66. The Morgan fingerprint density at radius 3 is 1.39 bits per heavy atom. The Morgan fingerprint density at radius 2 is 0.932 bits per heavy atom. The van der Waals surface area contributed by atoms with Crippen molar-refractivity contribution >= 4 is 5.91 Å². The van der Waals surface area contributed by atoms with Gasteiger partial charge in [0.2, 0.25) is 5.91 Å². The van der Waals surface area contributed by atoms with Gasteiger partial charge in [-0.25, -0.2) is 0 Å². The molecule has 0 aliphatic heterocycles. The summed E-state index contributed by atoms with van der Waals surface area (Å²) in [5.41, 5.74) is 0. The van der Waals surface area contributed by atoms with Crippen molar-refractivity contribution in [2.45, 2.75) is 206 Å². The van der Waals surface area contributed by atoms with Crippen LogP contribution < -0.4 is 5.32 Å². The molecule has 0 radical (unpaired) electrons. The summed E-state index contributed by atoms with van der Waals surface area (Å²) in [6.07, 6.45) is 46.5. The molecule has 0 aromatic rings. The molecule has 0 fully saturated rings. The van der Waals surface area contributed by atoms with Crippen LogP contribution in [0.5, 0.6) is 0 Å². The van der Waals surface area contributed by atoms with Crippen molar-refractivity contribution in [3.8, 4) is 0 Å². The first kappa shape index (κ1) is 42.6. The SMILES string of the molecule is CCCCCCC/C=C\C/C=C\C/C=C\CCCCCCCCCCCCC(=O)NC(CO)C(O)CCCCCCCCC. The van der Waals surface area contributed by atoms with Crippen molar-refractivity contribution in [3.63, 3.8) is 0 Å². The predicted octanol–water partition coefficient (Wildman–Crippen LogP) is 11.5. The first-order valence-corrected chi connectivity index (χ1v) is 19.2. The van der Waals surface area contributed by atoms with Crippen molar-refractivity contribution < 1.29 is 15.0 Å². The van der Waals surface area contributed by atoms with Crippen molar-refractivity contribution in [1.82, 2.24) is 5.32 Å². The van der Waals surface area contributed by atoms with Crippen LogP contribution in [0.15, 0.2) is 36.5 Å². The number of carbonyl (C=O) groups is 1. The van der Waals surface area contributed by atoms with Gasteiger partial charge in [-0.2, -0.15) is 0 Å². The number of unbranched alkanes of at least 4 members (excludes halogenated alkanes) is 21. The van der Waals surface area contributed by atoms with E-state index in [2.05, 4.69) is 55.6 Å². The van der Waals surface area contributed by atoms with Crippen LogP contribution in [0.25, 0.3) is 0 Å². The van der Waals surface area contributed by atoms with Crippen LogP contribution in [-0.2, 0) is 4.79 Å². The zero-order valence-electron chi connectivity index (χ0n) is 29.4. The average Bonchev–Trinajstić information content (AvgIpc) is 3.03. The maximum atomic E-state index is 12.3. The third-order valence-corrected chi connectivity index (χ3v) is 8.65. The number of aliphatic hydroxyl groups is 2. The highest BCUT2D eigenvalue weighted by molar-refractivity contribution is 5.76. The van der Waals surface area contributed by atoms with Gasteiger partial charge in [0.1, 0.15) is 0 Å². The van der Waals surface area contributed by atoms with Gasteiger partial charge in [-0.3, -0.25) is 4.79 Å². The summed E-state index contributed by atoms with van der Waals surface area (Å²) >= 11 is 0. The lowest BCUT2D eigenvalue weighted by molar-refractivity contribution is -0.123. The van der Waals surface area contributed by atoms with Gasteiger partial charge < -0.3 is 15.5 Å². The summed E-state index contributed by atoms with van der Waals surface area (Å²) in [6, 6.07) is -0.534. The Bertz CT molecular complexity index is 672. The molecule has 0 aliphatic rings. The van der Waals surface area contributed by atoms with E-state index < -0.39 is 12.1 Å². The summed E-state index contributed by atoms with van der Waals surface area (Å²) in [6.45, 7) is 4.29. The molecular weight excluding hydrogens is 542 g/mol. The summed E-state index contributed by atoms with van der Waals surface area (Å²) in [7, 11) is 0. The number of rotatable bonds is 34. The van der Waals surface area contributed by atoms with Gasteiger partial charge in [-0.1, -0.05) is 172 Å². The van der Waals surface area contributed by atoms with Crippen LogP contribution in [0.1, 0.15) is 194 Å². The molecule has 0 spiro atoms. The second-order valence-corrected chi connectivity index (χ2v) is 13.0. The number of allylic oxidation sites excluding steroid dienone is 6. The molecule has 2 unspecified atom stereocenters. The smallest absolute Gasteiger partial charge is 0.220 e. The molecule has 1 amide bonds. The molecule has 0 rings (SSSR count). The molecule has 0 aromatic carbocycles. The Balaban J connectivity index is 3.50. The molecule has 0 bridgehead atoms. The van der Waals surface area contributed by atoms with Crippen molar-refractivity contribution in [2.75, 3.05) is 6.61 Å². The number of carbonyl (C=O) groups excluding carboxylic acids is 1. The third kappa shape index (κ3) is 32.0. The normalized spacial score (nSPS) is 13.5. The van der Waals surface area contributed by atoms with E-state index >= 15 is 0 Å². The lowest BCUT2D eigenvalue weighted by Crippen LogP contribution is -2.45. The monoisotopic (exact) mass is 618 g/mol. The quantitative estimate of drug-likeness (QED) is 0.0497. The summed E-state index contributed by atoms with van der Waals surface area (Å²) in [5, 5.41) is 22.9. The standard InChI is InChI=1S/C40H75NO3/c1-3-5-7-9-11-12-13-14-15-16-17-18-19-20-21-22-23-24-25-26-27-28-30-32-34-36-40(44)41-38(37-42)39(43)35-33-31-29-10-8-6-4-2/h13-14,16-17,19-20,38-39,42-43H,3-12,15,18,21-37H2,1-2H3,(H,41,44)/b14-13-,17-16-,20-19-. The number of hydrogen-bond acceptors (Lipinski definition) is 3. The fraction of sp³-hybridized carbons (Fsp3) is 0.825. The molecule has 44 heavy (non-hydrogen) atoms. The minimum Gasteiger partial charge on any atom is -0.394 e. The van der Waals surface area contributed by atoms with Crippen LogP contribution >= 0.6 is 0 Å². The van der Waals surface area contributed by atoms with Crippen LogP contribution in [0.3, 0.4) is 0 Å². The molecular formula is C40H75NO3. The van der Waals surface area contributed by atoms with Crippen LogP contribution in [0.2, 0.25) is 0 Å². The van der Waals surface area contributed by atoms with Gasteiger partial charge in [0.15, 0.2) is 0 Å². The van der Waals surface area contributed by atoms with Crippen molar-refractivity contribution in [1.29, 1.82) is 0 Å². The van der Waals surface area contributed by atoms with E-state index in [-0.39, 0.29) is 12.5 Å². The second kappa shape index (κ2) is 36.1. The first-order chi connectivity index (χ1) is 21.7. The Labute approximate surface area is 274 Å². The minimum atomic E-state index is -0.657. The van der Waals surface area contributed by atoms with Crippen LogP contribution in [-0.4, -0.2) is 34.9 Å². The molecule has 0 heterocycles. The summed E-state index contributed by atoms with van der Waals surface area (Å²) < 4.78 is 0. The Kier molecular flexibility index (Phi) is 34.9. The molecule has 0 aromatic heterocycles. The number of aliphatic hydroxyl groups excluding tert-OH is 2. The van der Waals surface area contributed by atoms with Gasteiger partial charge >= 0.3 is 0 Å². The maximum Gasteiger partial charge on any atom is 0.220 e. The van der Waals surface area contributed by atoms with E-state index in [4.69, 9.17) is 0 Å². The molecule has 4 heteroatoms. The van der Waals surface area contributed by atoms with E-state index in [9.17, 15) is 15.0 Å². The Morgan fingerprint density at radius 1 is 0.545 bits per heavy atom.